The van der Waals surface area contributed by atoms with Crippen LogP contribution < -0.4 is 15.4 Å². The first-order valence-corrected chi connectivity index (χ1v) is 14.3. The van der Waals surface area contributed by atoms with Gasteiger partial charge in [-0.25, -0.2) is 13.2 Å². The number of hydrogen-bond donors (Lipinski definition) is 2. The number of rotatable bonds is 8. The average molecular weight is 543 g/mol. The van der Waals surface area contributed by atoms with Gasteiger partial charge in [-0.05, 0) is 65.0 Å². The van der Waals surface area contributed by atoms with Gasteiger partial charge in [-0.3, -0.25) is 4.98 Å². The van der Waals surface area contributed by atoms with E-state index in [0.717, 1.165) is 16.9 Å². The van der Waals surface area contributed by atoms with E-state index in [1.165, 1.54) is 19.5 Å². The van der Waals surface area contributed by atoms with Crippen molar-refractivity contribution >= 4 is 21.9 Å². The minimum atomic E-state index is -3.93. The summed E-state index contributed by atoms with van der Waals surface area (Å²) >= 11 is 0. The number of carbonyl (C=O) groups excluding carboxylic acids is 1. The van der Waals surface area contributed by atoms with E-state index in [-0.39, 0.29) is 24.0 Å². The number of aromatic nitrogens is 4. The first-order chi connectivity index (χ1) is 18.0. The van der Waals surface area contributed by atoms with E-state index in [0.29, 0.717) is 48.0 Å². The normalized spacial score (nSPS) is 25.9. The highest BCUT2D eigenvalue weighted by molar-refractivity contribution is 7.91. The van der Waals surface area contributed by atoms with Crippen LogP contribution in [0, 0.1) is 6.92 Å². The fourth-order valence-corrected chi connectivity index (χ4v) is 6.63. The van der Waals surface area contributed by atoms with Crippen LogP contribution in [0.5, 0.6) is 5.88 Å². The Balaban J connectivity index is 1.29. The number of carbonyl (C=O) groups is 1. The smallest absolute Gasteiger partial charge is 0.407 e. The summed E-state index contributed by atoms with van der Waals surface area (Å²) in [6.45, 7) is 5.50. The Hall–Kier alpha value is -3.41. The van der Waals surface area contributed by atoms with Gasteiger partial charge in [0.15, 0.2) is 5.82 Å². The topological polar surface area (TPSA) is 137 Å². The van der Waals surface area contributed by atoms with Crippen molar-refractivity contribution in [3.8, 4) is 5.88 Å². The van der Waals surface area contributed by atoms with Crippen molar-refractivity contribution in [2.24, 2.45) is 0 Å². The van der Waals surface area contributed by atoms with Gasteiger partial charge in [0.1, 0.15) is 10.9 Å². The number of anilines is 1. The van der Waals surface area contributed by atoms with Crippen LogP contribution in [0.25, 0.3) is 0 Å². The summed E-state index contributed by atoms with van der Waals surface area (Å²) < 4.78 is 38.7. The lowest BCUT2D eigenvalue weighted by atomic mass is 9.99. The maximum atomic E-state index is 14.0. The van der Waals surface area contributed by atoms with Crippen LogP contribution in [-0.4, -0.2) is 57.2 Å². The fourth-order valence-electron chi connectivity index (χ4n) is 4.98. The molecule has 2 N–H and O–H groups in total. The molecule has 38 heavy (non-hydrogen) atoms. The third-order valence-corrected chi connectivity index (χ3v) is 9.86. The molecular weight excluding hydrogens is 508 g/mol. The number of aryl methyl sites for hydroxylation is 1. The molecule has 11 nitrogen and oxygen atoms in total. The first-order valence-electron chi connectivity index (χ1n) is 12.8. The summed E-state index contributed by atoms with van der Waals surface area (Å²) in [4.78, 5) is 20.9. The van der Waals surface area contributed by atoms with Crippen LogP contribution in [0.4, 0.5) is 10.6 Å². The van der Waals surface area contributed by atoms with Gasteiger partial charge in [-0.1, -0.05) is 12.2 Å². The van der Waals surface area contributed by atoms with Crippen molar-refractivity contribution in [1.29, 1.82) is 0 Å². The lowest BCUT2D eigenvalue weighted by Crippen LogP contribution is -2.41. The molecule has 3 aliphatic carbocycles. The van der Waals surface area contributed by atoms with Crippen LogP contribution in [0.15, 0.2) is 42.4 Å². The van der Waals surface area contributed by atoms with Crippen molar-refractivity contribution in [1.82, 2.24) is 24.5 Å². The highest BCUT2D eigenvalue weighted by Crippen LogP contribution is 2.40. The van der Waals surface area contributed by atoms with E-state index >= 15 is 0 Å². The molecule has 3 aliphatic rings. The van der Waals surface area contributed by atoms with Gasteiger partial charge in [0.25, 0.3) is 10.0 Å². The third kappa shape index (κ3) is 5.13. The molecular formula is C26H34N6O5S. The van der Waals surface area contributed by atoms with Crippen LogP contribution in [0.2, 0.25) is 0 Å². The second-order valence-corrected chi connectivity index (χ2v) is 13.1. The number of methoxy groups -OCH3 is 1. The SMILES string of the molecule is COc1cnc(C)c(NC2=CC=CC(C)(S(=O)(=O)n3nccc3[C@H]3CC[C@@H](OC(=O)NC4(C)CC4)C3)C2)n1. The van der Waals surface area contributed by atoms with E-state index in [4.69, 9.17) is 9.47 Å². The third-order valence-electron chi connectivity index (χ3n) is 7.64. The molecule has 2 aromatic heterocycles. The first kappa shape index (κ1) is 26.2. The summed E-state index contributed by atoms with van der Waals surface area (Å²) in [6, 6.07) is 1.75. The highest BCUT2D eigenvalue weighted by Gasteiger charge is 2.44. The Morgan fingerprint density at radius 3 is 2.76 bits per heavy atom. The van der Waals surface area contributed by atoms with E-state index in [9.17, 15) is 13.2 Å². The zero-order valence-corrected chi connectivity index (χ0v) is 22.9. The number of amides is 1. The van der Waals surface area contributed by atoms with E-state index < -0.39 is 20.9 Å². The van der Waals surface area contributed by atoms with Gasteiger partial charge in [-0.15, -0.1) is 0 Å². The number of hydrogen-bond acceptors (Lipinski definition) is 9. The Bertz CT molecular complexity index is 1400. The highest BCUT2D eigenvalue weighted by atomic mass is 32.2. The molecule has 1 amide bonds. The molecule has 1 unspecified atom stereocenters. The predicted molar refractivity (Wildman–Crippen MR) is 141 cm³/mol. The zero-order valence-electron chi connectivity index (χ0n) is 22.1. The maximum absolute atomic E-state index is 14.0. The molecule has 2 fully saturated rings. The largest absolute Gasteiger partial charge is 0.480 e. The molecule has 2 saturated carbocycles. The van der Waals surface area contributed by atoms with Crippen molar-refractivity contribution in [2.75, 3.05) is 12.4 Å². The second kappa shape index (κ2) is 9.72. The molecule has 0 aromatic carbocycles. The molecule has 0 bridgehead atoms. The summed E-state index contributed by atoms with van der Waals surface area (Å²) in [7, 11) is -2.42. The Labute approximate surface area is 222 Å². The molecule has 5 rings (SSSR count). The van der Waals surface area contributed by atoms with Gasteiger partial charge in [-0.2, -0.15) is 14.2 Å². The van der Waals surface area contributed by atoms with Gasteiger partial charge < -0.3 is 20.1 Å². The van der Waals surface area contributed by atoms with Gasteiger partial charge in [0.05, 0.1) is 30.9 Å². The van der Waals surface area contributed by atoms with Crippen molar-refractivity contribution in [3.05, 3.63) is 53.8 Å². The maximum Gasteiger partial charge on any atom is 0.407 e. The Morgan fingerprint density at radius 1 is 1.24 bits per heavy atom. The van der Waals surface area contributed by atoms with Crippen molar-refractivity contribution in [2.45, 2.75) is 81.6 Å². The summed E-state index contributed by atoms with van der Waals surface area (Å²) in [5.41, 5.74) is 1.81. The van der Waals surface area contributed by atoms with Crippen molar-refractivity contribution in [3.63, 3.8) is 0 Å². The minimum Gasteiger partial charge on any atom is -0.480 e. The quantitative estimate of drug-likeness (QED) is 0.510. The number of ether oxygens (including phenoxy) is 2. The van der Waals surface area contributed by atoms with E-state index in [2.05, 4.69) is 25.7 Å². The molecule has 12 heteroatoms. The number of allylic oxidation sites excluding steroid dienone is 3. The lowest BCUT2D eigenvalue weighted by Gasteiger charge is -2.30. The van der Waals surface area contributed by atoms with Crippen LogP contribution in [0.1, 0.15) is 69.7 Å². The van der Waals surface area contributed by atoms with E-state index in [1.54, 1.807) is 25.1 Å². The number of nitrogens with one attached hydrogen (secondary N) is 2. The zero-order chi connectivity index (χ0) is 27.1. The molecule has 3 atom stereocenters. The number of alkyl carbamates (subject to hydrolysis) is 1. The van der Waals surface area contributed by atoms with Crippen LogP contribution in [0.3, 0.4) is 0 Å². The summed E-state index contributed by atoms with van der Waals surface area (Å²) in [5.74, 6) is 0.780. The molecule has 2 aromatic rings. The predicted octanol–water partition coefficient (Wildman–Crippen LogP) is 3.80. The minimum absolute atomic E-state index is 0.0828. The standard InChI is InChI=1S/C26H34N6O5S/c1-17-23(30-22(36-4)16-27-17)29-19-6-5-10-26(3,15-19)38(34,35)32-21(9-13-28-32)18-7-8-20(14-18)37-24(33)31-25(2)11-12-25/h5-6,9-10,13,16,18,20H,7-8,11-12,14-15H2,1-4H3,(H,29,30)(H,31,33)/t18-,20+,26?/m0/s1. The molecule has 0 spiro atoms. The fraction of sp³-hybridized carbons (Fsp3) is 0.538. The number of nitrogens with zero attached hydrogens (tertiary/aromatic N) is 4. The summed E-state index contributed by atoms with van der Waals surface area (Å²) in [5, 5.41) is 10.4. The van der Waals surface area contributed by atoms with Crippen molar-refractivity contribution < 1.29 is 22.7 Å². The van der Waals surface area contributed by atoms with Gasteiger partial charge >= 0.3 is 6.09 Å². The average Bonchev–Trinajstić information content (AvgIpc) is 3.25. The lowest BCUT2D eigenvalue weighted by molar-refractivity contribution is 0.0966. The van der Waals surface area contributed by atoms with Crippen LogP contribution in [-0.2, 0) is 14.8 Å². The molecule has 0 aliphatic heterocycles. The summed E-state index contributed by atoms with van der Waals surface area (Å²) in [6.07, 6.45) is 11.7. The Morgan fingerprint density at radius 2 is 2.03 bits per heavy atom. The second-order valence-electron chi connectivity index (χ2n) is 10.8. The van der Waals surface area contributed by atoms with E-state index in [1.807, 2.05) is 19.9 Å². The molecule has 0 radical (unpaired) electrons. The molecule has 2 heterocycles. The van der Waals surface area contributed by atoms with Gasteiger partial charge in [0, 0.05) is 23.6 Å². The monoisotopic (exact) mass is 542 g/mol. The Kier molecular flexibility index (Phi) is 6.70. The molecule has 0 saturated heterocycles. The van der Waals surface area contributed by atoms with Gasteiger partial charge in [0.2, 0.25) is 5.88 Å². The molecule has 204 valence electrons. The van der Waals surface area contributed by atoms with Crippen LogP contribution >= 0.6 is 0 Å².